The molecular formula is C27H30N4O3. The summed E-state index contributed by atoms with van der Waals surface area (Å²) in [7, 11) is 5.58. The number of carbonyl (C=O) groups is 2. The third kappa shape index (κ3) is 4.47. The zero-order chi connectivity index (χ0) is 24.4. The second-order valence-corrected chi connectivity index (χ2v) is 8.70. The van der Waals surface area contributed by atoms with Crippen LogP contribution < -0.4 is 15.4 Å². The van der Waals surface area contributed by atoms with Crippen LogP contribution in [0.3, 0.4) is 0 Å². The fourth-order valence-electron chi connectivity index (χ4n) is 4.27. The van der Waals surface area contributed by atoms with E-state index in [0.717, 1.165) is 51.6 Å². The monoisotopic (exact) mass is 458 g/mol. The lowest BCUT2D eigenvalue weighted by molar-refractivity contribution is -0.110. The molecule has 4 rings (SSSR count). The fourth-order valence-corrected chi connectivity index (χ4v) is 4.27. The number of amides is 2. The summed E-state index contributed by atoms with van der Waals surface area (Å²) in [5.74, 6) is 0.489. The van der Waals surface area contributed by atoms with Gasteiger partial charge in [0.25, 0.3) is 11.8 Å². The molecule has 2 aromatic carbocycles. The molecule has 0 unspecified atom stereocenters. The van der Waals surface area contributed by atoms with E-state index in [1.54, 1.807) is 7.11 Å². The van der Waals surface area contributed by atoms with Gasteiger partial charge >= 0.3 is 0 Å². The van der Waals surface area contributed by atoms with E-state index in [1.165, 1.54) is 0 Å². The molecule has 0 bridgehead atoms. The van der Waals surface area contributed by atoms with E-state index in [0.29, 0.717) is 17.7 Å². The highest BCUT2D eigenvalue weighted by atomic mass is 16.5. The maximum Gasteiger partial charge on any atom is 0.256 e. The number of nitrogens with zero attached hydrogens (tertiary/aromatic N) is 1. The lowest BCUT2D eigenvalue weighted by atomic mass is 9.99. The topological polar surface area (TPSA) is 86.5 Å². The van der Waals surface area contributed by atoms with E-state index in [4.69, 9.17) is 4.74 Å². The maximum absolute atomic E-state index is 12.8. The van der Waals surface area contributed by atoms with Crippen molar-refractivity contribution >= 4 is 29.2 Å². The summed E-state index contributed by atoms with van der Waals surface area (Å²) in [6.45, 7) is 5.10. The average molecular weight is 459 g/mol. The Balaban J connectivity index is 1.65. The third-order valence-corrected chi connectivity index (χ3v) is 6.06. The van der Waals surface area contributed by atoms with E-state index >= 15 is 0 Å². The highest BCUT2D eigenvalue weighted by molar-refractivity contribution is 6.35. The molecule has 176 valence electrons. The molecule has 0 spiro atoms. The van der Waals surface area contributed by atoms with Gasteiger partial charge in [0.1, 0.15) is 5.75 Å². The summed E-state index contributed by atoms with van der Waals surface area (Å²) in [4.78, 5) is 30.9. The fraction of sp³-hybridized carbons (Fsp3) is 0.259. The van der Waals surface area contributed by atoms with Crippen molar-refractivity contribution in [3.05, 3.63) is 70.5 Å². The summed E-state index contributed by atoms with van der Waals surface area (Å²) in [5.41, 5.74) is 7.02. The Bertz CT molecular complexity index is 1290. The highest BCUT2D eigenvalue weighted by Crippen LogP contribution is 2.38. The third-order valence-electron chi connectivity index (χ3n) is 6.06. The molecule has 34 heavy (non-hydrogen) atoms. The van der Waals surface area contributed by atoms with Crippen molar-refractivity contribution in [1.82, 2.24) is 15.2 Å². The van der Waals surface area contributed by atoms with Crippen molar-refractivity contribution in [3.63, 3.8) is 0 Å². The highest BCUT2D eigenvalue weighted by Gasteiger charge is 2.26. The number of aromatic amines is 1. The van der Waals surface area contributed by atoms with Crippen molar-refractivity contribution in [3.8, 4) is 16.9 Å². The van der Waals surface area contributed by atoms with E-state index in [2.05, 4.69) is 15.6 Å². The number of rotatable bonds is 7. The van der Waals surface area contributed by atoms with Gasteiger partial charge in [0.2, 0.25) is 0 Å². The number of carbonyl (C=O) groups excluding carboxylic acids is 2. The molecule has 3 aromatic rings. The van der Waals surface area contributed by atoms with Gasteiger partial charge in [-0.3, -0.25) is 9.59 Å². The molecule has 7 heteroatoms. The van der Waals surface area contributed by atoms with Crippen LogP contribution in [-0.2, 0) is 4.79 Å². The van der Waals surface area contributed by atoms with Crippen LogP contribution in [0.2, 0.25) is 0 Å². The van der Waals surface area contributed by atoms with Crippen LogP contribution in [0.4, 0.5) is 5.69 Å². The molecule has 2 amide bonds. The molecule has 0 atom stereocenters. The SMILES string of the molecule is COc1ccccc1-c1ccc2c(c1)NC(=O)/C2=C\c1[nH]c(C)c(C(=O)NCCN(C)C)c1C. The summed E-state index contributed by atoms with van der Waals surface area (Å²) < 4.78 is 5.48. The number of para-hydroxylation sites is 1. The molecule has 7 nitrogen and oxygen atoms in total. The number of hydrogen-bond acceptors (Lipinski definition) is 4. The van der Waals surface area contributed by atoms with Gasteiger partial charge in [0, 0.05) is 41.3 Å². The predicted molar refractivity (Wildman–Crippen MR) is 136 cm³/mol. The number of likely N-dealkylation sites (N-methyl/N-ethyl adjacent to an activating group) is 1. The molecule has 0 saturated heterocycles. The lowest BCUT2D eigenvalue weighted by Crippen LogP contribution is -2.31. The maximum atomic E-state index is 12.8. The van der Waals surface area contributed by atoms with Crippen LogP contribution in [0.5, 0.6) is 5.75 Å². The second kappa shape index (κ2) is 9.57. The number of aryl methyl sites for hydroxylation is 1. The number of ether oxygens (including phenoxy) is 1. The minimum atomic E-state index is -0.171. The molecular weight excluding hydrogens is 428 g/mol. The van der Waals surface area contributed by atoms with Crippen molar-refractivity contribution in [1.29, 1.82) is 0 Å². The number of benzene rings is 2. The average Bonchev–Trinajstić information content (AvgIpc) is 3.27. The second-order valence-electron chi connectivity index (χ2n) is 8.70. The standard InChI is InChI=1S/C27H30N4O3/c1-16-22(29-17(2)25(16)27(33)28-12-13-31(3)4)15-21-20-11-10-18(14-23(20)30-26(21)32)19-8-6-7-9-24(19)34-5/h6-11,14-15,29H,12-13H2,1-5H3,(H,28,33)(H,30,32)/b21-15-. The van der Waals surface area contributed by atoms with Gasteiger partial charge in [0.15, 0.2) is 0 Å². The van der Waals surface area contributed by atoms with Crippen molar-refractivity contribution in [2.24, 2.45) is 0 Å². The molecule has 1 aliphatic rings. The molecule has 0 aliphatic carbocycles. The Labute approximate surface area is 199 Å². The van der Waals surface area contributed by atoms with Gasteiger partial charge in [-0.05, 0) is 57.3 Å². The first-order chi connectivity index (χ1) is 16.3. The van der Waals surface area contributed by atoms with Crippen molar-refractivity contribution in [2.75, 3.05) is 39.6 Å². The first kappa shape index (κ1) is 23.3. The van der Waals surface area contributed by atoms with Crippen molar-refractivity contribution < 1.29 is 14.3 Å². The predicted octanol–water partition coefficient (Wildman–Crippen LogP) is 4.09. The van der Waals surface area contributed by atoms with Crippen LogP contribution in [-0.4, -0.2) is 56.0 Å². The van der Waals surface area contributed by atoms with Crippen LogP contribution in [0, 0.1) is 13.8 Å². The lowest BCUT2D eigenvalue weighted by Gasteiger charge is -2.10. The Morgan fingerprint density at radius 2 is 1.88 bits per heavy atom. The quantitative estimate of drug-likeness (QED) is 0.466. The Kier molecular flexibility index (Phi) is 6.56. The number of anilines is 1. The largest absolute Gasteiger partial charge is 0.496 e. The van der Waals surface area contributed by atoms with Crippen LogP contribution >= 0.6 is 0 Å². The Morgan fingerprint density at radius 3 is 2.62 bits per heavy atom. The van der Waals surface area contributed by atoms with Crippen LogP contribution in [0.15, 0.2) is 42.5 Å². The minimum Gasteiger partial charge on any atom is -0.496 e. The van der Waals surface area contributed by atoms with Crippen molar-refractivity contribution in [2.45, 2.75) is 13.8 Å². The molecule has 3 N–H and O–H groups in total. The van der Waals surface area contributed by atoms with E-state index in [1.807, 2.05) is 81.4 Å². The van der Waals surface area contributed by atoms with Crippen LogP contribution in [0.1, 0.15) is 32.9 Å². The number of nitrogens with one attached hydrogen (secondary N) is 3. The molecule has 1 aliphatic heterocycles. The molecule has 1 aromatic heterocycles. The minimum absolute atomic E-state index is 0.115. The first-order valence-corrected chi connectivity index (χ1v) is 11.2. The summed E-state index contributed by atoms with van der Waals surface area (Å²) in [6, 6.07) is 13.7. The number of aromatic nitrogens is 1. The van der Waals surface area contributed by atoms with Gasteiger partial charge in [-0.1, -0.05) is 30.3 Å². The molecule has 0 fully saturated rings. The normalized spacial score (nSPS) is 13.8. The number of hydrogen-bond donors (Lipinski definition) is 3. The zero-order valence-corrected chi connectivity index (χ0v) is 20.2. The number of fused-ring (bicyclic) bond motifs is 1. The Morgan fingerprint density at radius 1 is 1.12 bits per heavy atom. The first-order valence-electron chi connectivity index (χ1n) is 11.2. The van der Waals surface area contributed by atoms with Gasteiger partial charge in [-0.15, -0.1) is 0 Å². The molecule has 0 saturated carbocycles. The summed E-state index contributed by atoms with van der Waals surface area (Å²) >= 11 is 0. The van der Waals surface area contributed by atoms with E-state index in [9.17, 15) is 9.59 Å². The van der Waals surface area contributed by atoms with E-state index < -0.39 is 0 Å². The van der Waals surface area contributed by atoms with Gasteiger partial charge in [-0.2, -0.15) is 0 Å². The van der Waals surface area contributed by atoms with Crippen LogP contribution in [0.25, 0.3) is 22.8 Å². The van der Waals surface area contributed by atoms with Gasteiger partial charge in [-0.25, -0.2) is 0 Å². The smallest absolute Gasteiger partial charge is 0.256 e. The van der Waals surface area contributed by atoms with Gasteiger partial charge in [0.05, 0.1) is 18.2 Å². The molecule has 0 radical (unpaired) electrons. The summed E-state index contributed by atoms with van der Waals surface area (Å²) in [5, 5.41) is 5.94. The van der Waals surface area contributed by atoms with E-state index in [-0.39, 0.29) is 11.8 Å². The number of methoxy groups -OCH3 is 1. The Hall–Kier alpha value is -3.84. The molecule has 2 heterocycles. The zero-order valence-electron chi connectivity index (χ0n) is 20.2. The summed E-state index contributed by atoms with van der Waals surface area (Å²) in [6.07, 6.45) is 1.82. The number of H-pyrrole nitrogens is 1. The van der Waals surface area contributed by atoms with Gasteiger partial charge < -0.3 is 25.3 Å².